The van der Waals surface area contributed by atoms with E-state index in [0.29, 0.717) is 6.04 Å². The number of aromatic amines is 1. The summed E-state index contributed by atoms with van der Waals surface area (Å²) in [5.74, 6) is 1.88. The van der Waals surface area contributed by atoms with Gasteiger partial charge in [0.15, 0.2) is 0 Å². The van der Waals surface area contributed by atoms with Crippen LogP contribution in [-0.2, 0) is 0 Å². The molecule has 0 saturated carbocycles. The van der Waals surface area contributed by atoms with Gasteiger partial charge in [-0.15, -0.1) is 0 Å². The number of aromatic nitrogens is 2. The molecule has 4 rings (SSSR count). The summed E-state index contributed by atoms with van der Waals surface area (Å²) in [6, 6.07) is 16.7. The third-order valence-electron chi connectivity index (χ3n) is 4.64. The van der Waals surface area contributed by atoms with Gasteiger partial charge in [-0.2, -0.15) is 0 Å². The molecule has 0 unspecified atom stereocenters. The molecule has 0 aliphatic carbocycles. The average Bonchev–Trinajstić information content (AvgIpc) is 3.07. The molecule has 2 aromatic carbocycles. The van der Waals surface area contributed by atoms with Crippen LogP contribution in [0.5, 0.6) is 5.75 Å². The number of anilines is 2. The summed E-state index contributed by atoms with van der Waals surface area (Å²) in [6.45, 7) is 1.99. The maximum Gasteiger partial charge on any atom is 0.203 e. The Balaban J connectivity index is 1.41. The van der Waals surface area contributed by atoms with E-state index in [2.05, 4.69) is 27.3 Å². The Morgan fingerprint density at radius 3 is 2.62 bits per heavy atom. The molecular weight excluding hydrogens is 300 g/mol. The topological polar surface area (TPSA) is 53.2 Å². The summed E-state index contributed by atoms with van der Waals surface area (Å²) in [5, 5.41) is 3.62. The van der Waals surface area contributed by atoms with Crippen LogP contribution in [0.3, 0.4) is 0 Å². The average molecular weight is 322 g/mol. The van der Waals surface area contributed by atoms with Gasteiger partial charge in [-0.1, -0.05) is 24.3 Å². The lowest BCUT2D eigenvalue weighted by atomic mass is 10.0. The number of piperidine rings is 1. The first-order valence-electron chi connectivity index (χ1n) is 8.43. The molecule has 1 fully saturated rings. The summed E-state index contributed by atoms with van der Waals surface area (Å²) in [7, 11) is 1.71. The van der Waals surface area contributed by atoms with Gasteiger partial charge in [0, 0.05) is 19.1 Å². The highest BCUT2D eigenvalue weighted by Gasteiger charge is 2.22. The number of H-pyrrole nitrogens is 1. The van der Waals surface area contributed by atoms with Crippen molar-refractivity contribution in [1.82, 2.24) is 9.97 Å². The van der Waals surface area contributed by atoms with E-state index in [1.54, 1.807) is 7.11 Å². The van der Waals surface area contributed by atoms with Gasteiger partial charge in [0.1, 0.15) is 5.75 Å². The van der Waals surface area contributed by atoms with Crippen molar-refractivity contribution in [2.75, 3.05) is 30.4 Å². The van der Waals surface area contributed by atoms with Crippen molar-refractivity contribution in [2.45, 2.75) is 18.9 Å². The van der Waals surface area contributed by atoms with E-state index in [1.165, 1.54) is 0 Å². The summed E-state index contributed by atoms with van der Waals surface area (Å²) in [4.78, 5) is 10.5. The second-order valence-corrected chi connectivity index (χ2v) is 6.18. The number of methoxy groups -OCH3 is 1. The largest absolute Gasteiger partial charge is 0.495 e. The van der Waals surface area contributed by atoms with Crippen molar-refractivity contribution in [3.8, 4) is 5.75 Å². The Kier molecular flexibility index (Phi) is 3.99. The van der Waals surface area contributed by atoms with Crippen molar-refractivity contribution in [1.29, 1.82) is 0 Å². The maximum atomic E-state index is 5.42. The minimum atomic E-state index is 0.460. The lowest BCUT2D eigenvalue weighted by Gasteiger charge is -2.32. The third-order valence-corrected chi connectivity index (χ3v) is 4.64. The molecule has 1 aliphatic rings. The number of rotatable bonds is 4. The predicted molar refractivity (Wildman–Crippen MR) is 97.9 cm³/mol. The van der Waals surface area contributed by atoms with Gasteiger partial charge in [0.2, 0.25) is 5.95 Å². The summed E-state index contributed by atoms with van der Waals surface area (Å²) in [5.41, 5.74) is 3.20. The standard InChI is InChI=1S/C19H22N4O/c1-24-18-9-5-4-8-17(18)20-14-10-12-23(13-11-14)19-21-15-6-2-3-7-16(15)22-19/h2-9,14,20H,10-13H2,1H3,(H,21,22). The van der Waals surface area contributed by atoms with E-state index in [9.17, 15) is 0 Å². The number of hydrogen-bond acceptors (Lipinski definition) is 4. The van der Waals surface area contributed by atoms with E-state index < -0.39 is 0 Å². The summed E-state index contributed by atoms with van der Waals surface area (Å²) < 4.78 is 5.42. The highest BCUT2D eigenvalue weighted by atomic mass is 16.5. The molecule has 3 aromatic rings. The van der Waals surface area contributed by atoms with E-state index in [4.69, 9.17) is 9.72 Å². The summed E-state index contributed by atoms with van der Waals surface area (Å²) in [6.07, 6.45) is 2.16. The Morgan fingerprint density at radius 2 is 1.83 bits per heavy atom. The van der Waals surface area contributed by atoms with Crippen LogP contribution in [0.4, 0.5) is 11.6 Å². The molecule has 0 atom stereocenters. The van der Waals surface area contributed by atoms with E-state index in [-0.39, 0.29) is 0 Å². The zero-order chi connectivity index (χ0) is 16.4. The molecule has 1 aromatic heterocycles. The number of benzene rings is 2. The molecule has 0 bridgehead atoms. The first-order valence-corrected chi connectivity index (χ1v) is 8.43. The molecule has 1 saturated heterocycles. The van der Waals surface area contributed by atoms with Crippen LogP contribution in [0.2, 0.25) is 0 Å². The molecule has 1 aliphatic heterocycles. The zero-order valence-corrected chi connectivity index (χ0v) is 13.8. The first kappa shape index (κ1) is 14.9. The van der Waals surface area contributed by atoms with Crippen molar-refractivity contribution in [2.24, 2.45) is 0 Å². The number of imidazole rings is 1. The SMILES string of the molecule is COc1ccccc1NC1CCN(c2nc3ccccc3[nH]2)CC1. The lowest BCUT2D eigenvalue weighted by Crippen LogP contribution is -2.39. The monoisotopic (exact) mass is 322 g/mol. The minimum absolute atomic E-state index is 0.460. The smallest absolute Gasteiger partial charge is 0.203 e. The molecule has 2 N–H and O–H groups in total. The number of fused-ring (bicyclic) bond motifs is 1. The second-order valence-electron chi connectivity index (χ2n) is 6.18. The van der Waals surface area contributed by atoms with Crippen LogP contribution in [-0.4, -0.2) is 36.2 Å². The molecule has 5 nitrogen and oxygen atoms in total. The van der Waals surface area contributed by atoms with Crippen LogP contribution in [0.1, 0.15) is 12.8 Å². The van der Waals surface area contributed by atoms with Crippen molar-refractivity contribution >= 4 is 22.7 Å². The molecule has 24 heavy (non-hydrogen) atoms. The fraction of sp³-hybridized carbons (Fsp3) is 0.316. The van der Waals surface area contributed by atoms with Gasteiger partial charge in [-0.05, 0) is 37.1 Å². The second kappa shape index (κ2) is 6.43. The molecular formula is C19H22N4O. The quantitative estimate of drug-likeness (QED) is 0.770. The van der Waals surface area contributed by atoms with Gasteiger partial charge in [0.05, 0.1) is 23.8 Å². The van der Waals surface area contributed by atoms with Gasteiger partial charge < -0.3 is 19.9 Å². The first-order chi connectivity index (χ1) is 11.8. The number of ether oxygens (including phenoxy) is 1. The Bertz CT molecular complexity index is 788. The normalized spacial score (nSPS) is 15.6. The Hall–Kier alpha value is -2.69. The molecule has 0 amide bonds. The van der Waals surface area contributed by atoms with Crippen molar-refractivity contribution in [3.05, 3.63) is 48.5 Å². The summed E-state index contributed by atoms with van der Waals surface area (Å²) >= 11 is 0. The third kappa shape index (κ3) is 2.89. The van der Waals surface area contributed by atoms with Gasteiger partial charge in [-0.25, -0.2) is 4.98 Å². The predicted octanol–water partition coefficient (Wildman–Crippen LogP) is 3.65. The molecule has 5 heteroatoms. The van der Waals surface area contributed by atoms with Gasteiger partial charge in [-0.3, -0.25) is 0 Å². The van der Waals surface area contributed by atoms with Crippen LogP contribution < -0.4 is 15.0 Å². The van der Waals surface area contributed by atoms with Crippen LogP contribution >= 0.6 is 0 Å². The number of para-hydroxylation sites is 4. The van der Waals surface area contributed by atoms with E-state index in [1.807, 2.05) is 36.4 Å². The van der Waals surface area contributed by atoms with E-state index in [0.717, 1.165) is 54.3 Å². The van der Waals surface area contributed by atoms with Crippen LogP contribution in [0, 0.1) is 0 Å². The fourth-order valence-electron chi connectivity index (χ4n) is 3.31. The fourth-order valence-corrected chi connectivity index (χ4v) is 3.31. The van der Waals surface area contributed by atoms with E-state index >= 15 is 0 Å². The number of nitrogens with zero attached hydrogens (tertiary/aromatic N) is 2. The zero-order valence-electron chi connectivity index (χ0n) is 13.8. The highest BCUT2D eigenvalue weighted by Crippen LogP contribution is 2.27. The number of nitrogens with one attached hydrogen (secondary N) is 2. The maximum absolute atomic E-state index is 5.42. The Morgan fingerprint density at radius 1 is 1.08 bits per heavy atom. The molecule has 2 heterocycles. The minimum Gasteiger partial charge on any atom is -0.495 e. The van der Waals surface area contributed by atoms with Crippen LogP contribution in [0.15, 0.2) is 48.5 Å². The van der Waals surface area contributed by atoms with Gasteiger partial charge >= 0.3 is 0 Å². The van der Waals surface area contributed by atoms with Crippen molar-refractivity contribution in [3.63, 3.8) is 0 Å². The molecule has 0 spiro atoms. The lowest BCUT2D eigenvalue weighted by molar-refractivity contribution is 0.415. The molecule has 124 valence electrons. The Labute approximate surface area is 141 Å². The highest BCUT2D eigenvalue weighted by molar-refractivity contribution is 5.77. The van der Waals surface area contributed by atoms with Crippen molar-refractivity contribution < 1.29 is 4.74 Å². The molecule has 0 radical (unpaired) electrons. The van der Waals surface area contributed by atoms with Gasteiger partial charge in [0.25, 0.3) is 0 Å². The number of hydrogen-bond donors (Lipinski definition) is 2. The van der Waals surface area contributed by atoms with Crippen LogP contribution in [0.25, 0.3) is 11.0 Å².